The molecule has 1 amide bonds. The zero-order valence-electron chi connectivity index (χ0n) is 15.7. The molecule has 0 aliphatic rings. The standard InChI is InChI=1S/C22H23N3O2/c1-4-27-21-8-6-5-7-19(21)24-18-11-12-20(23-14-18)22(26)25-17-10-9-15(2)16(3)13-17/h5-14,24H,4H2,1-3H3,(H,25,26). The molecular formula is C22H23N3O2. The number of rotatable bonds is 6. The van der Waals surface area contributed by atoms with Gasteiger partial charge < -0.3 is 15.4 Å². The van der Waals surface area contributed by atoms with Gasteiger partial charge >= 0.3 is 0 Å². The minimum absolute atomic E-state index is 0.237. The highest BCUT2D eigenvalue weighted by atomic mass is 16.5. The van der Waals surface area contributed by atoms with Crippen molar-refractivity contribution in [2.24, 2.45) is 0 Å². The molecule has 138 valence electrons. The van der Waals surface area contributed by atoms with Gasteiger partial charge in [-0.05, 0) is 68.3 Å². The fourth-order valence-corrected chi connectivity index (χ4v) is 2.62. The van der Waals surface area contributed by atoms with Crippen molar-refractivity contribution in [3.8, 4) is 5.75 Å². The van der Waals surface area contributed by atoms with Crippen LogP contribution in [0.1, 0.15) is 28.5 Å². The number of amides is 1. The minimum Gasteiger partial charge on any atom is -0.492 e. The minimum atomic E-state index is -0.237. The average molecular weight is 361 g/mol. The number of hydrogen-bond acceptors (Lipinski definition) is 4. The van der Waals surface area contributed by atoms with Gasteiger partial charge in [0, 0.05) is 5.69 Å². The summed E-state index contributed by atoms with van der Waals surface area (Å²) in [5, 5.41) is 6.15. The predicted molar refractivity (Wildman–Crippen MR) is 109 cm³/mol. The lowest BCUT2D eigenvalue weighted by Gasteiger charge is -2.12. The number of benzene rings is 2. The van der Waals surface area contributed by atoms with Gasteiger partial charge in [-0.15, -0.1) is 0 Å². The number of anilines is 3. The van der Waals surface area contributed by atoms with Crippen LogP contribution in [0, 0.1) is 13.8 Å². The molecule has 27 heavy (non-hydrogen) atoms. The first kappa shape index (κ1) is 18.5. The SMILES string of the molecule is CCOc1ccccc1Nc1ccc(C(=O)Nc2ccc(C)c(C)c2)nc1. The summed E-state index contributed by atoms with van der Waals surface area (Å²) in [5.74, 6) is 0.538. The molecule has 0 aliphatic carbocycles. The van der Waals surface area contributed by atoms with E-state index in [-0.39, 0.29) is 5.91 Å². The first-order chi connectivity index (χ1) is 13.1. The van der Waals surface area contributed by atoms with Crippen molar-refractivity contribution in [1.29, 1.82) is 0 Å². The maximum absolute atomic E-state index is 12.4. The number of hydrogen-bond donors (Lipinski definition) is 2. The normalized spacial score (nSPS) is 10.3. The number of ether oxygens (including phenoxy) is 1. The highest BCUT2D eigenvalue weighted by Crippen LogP contribution is 2.27. The van der Waals surface area contributed by atoms with Crippen molar-refractivity contribution in [1.82, 2.24) is 4.98 Å². The number of aromatic nitrogens is 1. The molecule has 0 atom stereocenters. The third kappa shape index (κ3) is 4.64. The molecule has 1 heterocycles. The Labute approximate surface area is 159 Å². The van der Waals surface area contributed by atoms with E-state index >= 15 is 0 Å². The van der Waals surface area contributed by atoms with Crippen LogP contribution in [0.25, 0.3) is 0 Å². The lowest BCUT2D eigenvalue weighted by atomic mass is 10.1. The van der Waals surface area contributed by atoms with Gasteiger partial charge in [0.25, 0.3) is 5.91 Å². The molecule has 3 aromatic rings. The van der Waals surface area contributed by atoms with E-state index in [1.807, 2.05) is 69.3 Å². The van der Waals surface area contributed by atoms with Gasteiger partial charge in [0.15, 0.2) is 0 Å². The van der Waals surface area contributed by atoms with Gasteiger partial charge in [0.2, 0.25) is 0 Å². The van der Waals surface area contributed by atoms with Gasteiger partial charge in [-0.3, -0.25) is 4.79 Å². The van der Waals surface area contributed by atoms with E-state index < -0.39 is 0 Å². The number of aryl methyl sites for hydroxylation is 2. The van der Waals surface area contributed by atoms with E-state index in [0.29, 0.717) is 12.3 Å². The Morgan fingerprint density at radius 2 is 1.78 bits per heavy atom. The lowest BCUT2D eigenvalue weighted by Crippen LogP contribution is -2.13. The molecule has 0 bridgehead atoms. The van der Waals surface area contributed by atoms with Crippen LogP contribution in [-0.4, -0.2) is 17.5 Å². The molecule has 2 N–H and O–H groups in total. The number of nitrogens with one attached hydrogen (secondary N) is 2. The molecule has 0 aliphatic heterocycles. The summed E-state index contributed by atoms with van der Waals surface area (Å²) >= 11 is 0. The summed E-state index contributed by atoms with van der Waals surface area (Å²) in [6.07, 6.45) is 1.64. The topological polar surface area (TPSA) is 63.2 Å². The quantitative estimate of drug-likeness (QED) is 0.642. The molecule has 1 aromatic heterocycles. The summed E-state index contributed by atoms with van der Waals surface area (Å²) < 4.78 is 5.61. The molecule has 3 rings (SSSR count). The molecule has 0 saturated carbocycles. The second-order valence-electron chi connectivity index (χ2n) is 6.24. The first-order valence-electron chi connectivity index (χ1n) is 8.90. The van der Waals surface area contributed by atoms with Crippen LogP contribution in [0.3, 0.4) is 0 Å². The Morgan fingerprint density at radius 3 is 2.48 bits per heavy atom. The fourth-order valence-electron chi connectivity index (χ4n) is 2.62. The van der Waals surface area contributed by atoms with Gasteiger partial charge in [-0.2, -0.15) is 0 Å². The summed E-state index contributed by atoms with van der Waals surface area (Å²) in [6, 6.07) is 17.1. The smallest absolute Gasteiger partial charge is 0.274 e. The number of pyridine rings is 1. The Balaban J connectivity index is 1.69. The summed E-state index contributed by atoms with van der Waals surface area (Å²) in [7, 11) is 0. The van der Waals surface area contributed by atoms with Crippen molar-refractivity contribution >= 4 is 23.0 Å². The van der Waals surface area contributed by atoms with Crippen LogP contribution < -0.4 is 15.4 Å². The highest BCUT2D eigenvalue weighted by molar-refractivity contribution is 6.03. The Kier molecular flexibility index (Phi) is 5.71. The zero-order chi connectivity index (χ0) is 19.2. The van der Waals surface area contributed by atoms with Crippen LogP contribution in [-0.2, 0) is 0 Å². The molecule has 5 nitrogen and oxygen atoms in total. The number of carbonyl (C=O) groups excluding carboxylic acids is 1. The van der Waals surface area contributed by atoms with E-state index in [1.165, 1.54) is 5.56 Å². The summed E-state index contributed by atoms with van der Waals surface area (Å²) in [5.41, 5.74) is 5.08. The van der Waals surface area contributed by atoms with Gasteiger partial charge in [-0.25, -0.2) is 4.98 Å². The molecule has 0 radical (unpaired) electrons. The van der Waals surface area contributed by atoms with Gasteiger partial charge in [0.05, 0.1) is 24.2 Å². The van der Waals surface area contributed by atoms with Crippen molar-refractivity contribution < 1.29 is 9.53 Å². The van der Waals surface area contributed by atoms with E-state index in [2.05, 4.69) is 15.6 Å². The average Bonchev–Trinajstić information content (AvgIpc) is 2.67. The third-order valence-corrected chi connectivity index (χ3v) is 4.23. The molecule has 0 spiro atoms. The monoisotopic (exact) mass is 361 g/mol. The van der Waals surface area contributed by atoms with Crippen LogP contribution in [0.5, 0.6) is 5.75 Å². The van der Waals surface area contributed by atoms with Crippen LogP contribution >= 0.6 is 0 Å². The van der Waals surface area contributed by atoms with Crippen molar-refractivity contribution in [3.05, 3.63) is 77.6 Å². The third-order valence-electron chi connectivity index (χ3n) is 4.23. The predicted octanol–water partition coefficient (Wildman–Crippen LogP) is 5.09. The molecule has 0 saturated heterocycles. The molecule has 0 fully saturated rings. The van der Waals surface area contributed by atoms with Crippen molar-refractivity contribution in [3.63, 3.8) is 0 Å². The number of para-hydroxylation sites is 2. The summed E-state index contributed by atoms with van der Waals surface area (Å²) in [6.45, 7) is 6.59. The number of carbonyl (C=O) groups is 1. The Morgan fingerprint density at radius 1 is 1.00 bits per heavy atom. The zero-order valence-corrected chi connectivity index (χ0v) is 15.7. The molecule has 0 unspecified atom stereocenters. The van der Waals surface area contributed by atoms with Crippen molar-refractivity contribution in [2.75, 3.05) is 17.2 Å². The second-order valence-corrected chi connectivity index (χ2v) is 6.24. The number of nitrogens with zero attached hydrogens (tertiary/aromatic N) is 1. The Bertz CT molecular complexity index is 937. The molecule has 5 heteroatoms. The molecular weight excluding hydrogens is 338 g/mol. The lowest BCUT2D eigenvalue weighted by molar-refractivity contribution is 0.102. The first-order valence-corrected chi connectivity index (χ1v) is 8.90. The van der Waals surface area contributed by atoms with E-state index in [1.54, 1.807) is 12.3 Å². The Hall–Kier alpha value is -3.34. The maximum atomic E-state index is 12.4. The van der Waals surface area contributed by atoms with E-state index in [4.69, 9.17) is 4.74 Å². The maximum Gasteiger partial charge on any atom is 0.274 e. The van der Waals surface area contributed by atoms with Crippen LogP contribution in [0.4, 0.5) is 17.1 Å². The largest absolute Gasteiger partial charge is 0.492 e. The van der Waals surface area contributed by atoms with E-state index in [9.17, 15) is 4.79 Å². The fraction of sp³-hybridized carbons (Fsp3) is 0.182. The van der Waals surface area contributed by atoms with E-state index in [0.717, 1.165) is 28.4 Å². The second kappa shape index (κ2) is 8.36. The van der Waals surface area contributed by atoms with Crippen LogP contribution in [0.2, 0.25) is 0 Å². The van der Waals surface area contributed by atoms with Crippen molar-refractivity contribution in [2.45, 2.75) is 20.8 Å². The molecule has 2 aromatic carbocycles. The highest BCUT2D eigenvalue weighted by Gasteiger charge is 2.09. The summed E-state index contributed by atoms with van der Waals surface area (Å²) in [4.78, 5) is 16.7. The van der Waals surface area contributed by atoms with Crippen LogP contribution in [0.15, 0.2) is 60.8 Å². The van der Waals surface area contributed by atoms with Gasteiger partial charge in [-0.1, -0.05) is 18.2 Å². The van der Waals surface area contributed by atoms with Gasteiger partial charge in [0.1, 0.15) is 11.4 Å².